The molecule has 0 spiro atoms. The Morgan fingerprint density at radius 1 is 1.07 bits per heavy atom. The largest absolute Gasteiger partial charge is 0.411 e. The zero-order valence-electron chi connectivity index (χ0n) is 15.1. The molecule has 0 atom stereocenters. The van der Waals surface area contributed by atoms with E-state index in [0.29, 0.717) is 12.1 Å². The Bertz CT molecular complexity index is 759. The summed E-state index contributed by atoms with van der Waals surface area (Å²) in [6.07, 6.45) is -4.32. The van der Waals surface area contributed by atoms with Crippen molar-refractivity contribution in [3.05, 3.63) is 64.7 Å². The fourth-order valence-corrected chi connectivity index (χ4v) is 2.51. The highest BCUT2D eigenvalue weighted by molar-refractivity contribution is 14.0. The van der Waals surface area contributed by atoms with E-state index in [0.717, 1.165) is 22.4 Å². The van der Waals surface area contributed by atoms with Crippen LogP contribution in [0.1, 0.15) is 22.3 Å². The second-order valence-electron chi connectivity index (χ2n) is 6.13. The van der Waals surface area contributed by atoms with Gasteiger partial charge >= 0.3 is 6.18 Å². The summed E-state index contributed by atoms with van der Waals surface area (Å²) in [4.78, 5) is 4.27. The Morgan fingerprint density at radius 3 is 2.33 bits per heavy atom. The van der Waals surface area contributed by atoms with Crippen LogP contribution in [0.4, 0.5) is 18.9 Å². The highest BCUT2D eigenvalue weighted by Crippen LogP contribution is 2.16. The van der Waals surface area contributed by atoms with Gasteiger partial charge in [0.25, 0.3) is 0 Å². The minimum absolute atomic E-state index is 0. The van der Waals surface area contributed by atoms with Crippen LogP contribution in [0, 0.1) is 13.8 Å². The number of hydrogen-bond donors (Lipinski definition) is 2. The van der Waals surface area contributed by atoms with Crippen LogP contribution >= 0.6 is 24.0 Å². The second-order valence-corrected chi connectivity index (χ2v) is 6.13. The van der Waals surface area contributed by atoms with E-state index in [-0.39, 0.29) is 36.5 Å². The molecule has 0 fully saturated rings. The molecule has 4 nitrogen and oxygen atoms in total. The van der Waals surface area contributed by atoms with Crippen molar-refractivity contribution in [2.45, 2.75) is 33.2 Å². The molecule has 27 heavy (non-hydrogen) atoms. The van der Waals surface area contributed by atoms with Crippen LogP contribution in [0.2, 0.25) is 0 Å². The monoisotopic (exact) mass is 493 g/mol. The summed E-state index contributed by atoms with van der Waals surface area (Å²) in [6, 6.07) is 13.0. The maximum absolute atomic E-state index is 12.1. The van der Waals surface area contributed by atoms with Gasteiger partial charge in [-0.2, -0.15) is 13.2 Å². The number of aryl methyl sites for hydroxylation is 2. The molecule has 8 heteroatoms. The molecule has 0 aromatic heterocycles. The Labute approximate surface area is 174 Å². The van der Waals surface area contributed by atoms with Crippen LogP contribution in [-0.4, -0.2) is 18.7 Å². The maximum Gasteiger partial charge on any atom is 0.411 e. The molecule has 0 saturated heterocycles. The molecule has 0 amide bonds. The first-order chi connectivity index (χ1) is 12.2. The number of aliphatic imine (C=N–C) groups is 1. The molecule has 0 aliphatic heterocycles. The second kappa shape index (κ2) is 10.5. The highest BCUT2D eigenvalue weighted by Gasteiger charge is 2.27. The van der Waals surface area contributed by atoms with Crippen LogP contribution in [0.3, 0.4) is 0 Å². The van der Waals surface area contributed by atoms with Crippen LogP contribution < -0.4 is 11.1 Å². The summed E-state index contributed by atoms with van der Waals surface area (Å²) >= 11 is 0. The van der Waals surface area contributed by atoms with E-state index in [4.69, 9.17) is 5.73 Å². The summed E-state index contributed by atoms with van der Waals surface area (Å²) in [5, 5.41) is 3.04. The van der Waals surface area contributed by atoms with E-state index >= 15 is 0 Å². The number of nitrogens with zero attached hydrogens (tertiary/aromatic N) is 1. The molecular weight excluding hydrogens is 470 g/mol. The average Bonchev–Trinajstić information content (AvgIpc) is 2.51. The Kier molecular flexibility index (Phi) is 9.04. The van der Waals surface area contributed by atoms with Gasteiger partial charge in [0, 0.05) is 5.69 Å². The number of ether oxygens (including phenoxy) is 1. The van der Waals surface area contributed by atoms with Crippen molar-refractivity contribution in [2.75, 3.05) is 11.9 Å². The first-order valence-corrected chi connectivity index (χ1v) is 8.09. The first-order valence-electron chi connectivity index (χ1n) is 8.09. The van der Waals surface area contributed by atoms with Gasteiger partial charge in [-0.15, -0.1) is 24.0 Å². The number of anilines is 1. The molecule has 0 bridgehead atoms. The van der Waals surface area contributed by atoms with Crippen molar-refractivity contribution < 1.29 is 17.9 Å². The van der Waals surface area contributed by atoms with Crippen molar-refractivity contribution in [1.82, 2.24) is 0 Å². The number of halogens is 4. The minimum Gasteiger partial charge on any atom is -0.370 e. The van der Waals surface area contributed by atoms with E-state index < -0.39 is 12.8 Å². The molecule has 0 radical (unpaired) electrons. The van der Waals surface area contributed by atoms with Crippen molar-refractivity contribution in [3.63, 3.8) is 0 Å². The number of benzene rings is 2. The Balaban J connectivity index is 0.00000364. The molecule has 2 rings (SSSR count). The van der Waals surface area contributed by atoms with Crippen molar-refractivity contribution in [1.29, 1.82) is 0 Å². The van der Waals surface area contributed by atoms with Crippen molar-refractivity contribution in [3.8, 4) is 0 Å². The molecule has 3 N–H and O–H groups in total. The molecule has 0 aliphatic carbocycles. The molecule has 148 valence electrons. The van der Waals surface area contributed by atoms with Gasteiger partial charge in [-0.1, -0.05) is 30.3 Å². The lowest BCUT2D eigenvalue weighted by Crippen LogP contribution is -2.22. The van der Waals surface area contributed by atoms with Gasteiger partial charge in [-0.3, -0.25) is 0 Å². The van der Waals surface area contributed by atoms with Gasteiger partial charge in [-0.25, -0.2) is 4.99 Å². The van der Waals surface area contributed by atoms with Crippen LogP contribution in [-0.2, 0) is 17.9 Å². The van der Waals surface area contributed by atoms with E-state index in [1.54, 1.807) is 18.2 Å². The topological polar surface area (TPSA) is 59.6 Å². The fourth-order valence-electron chi connectivity index (χ4n) is 2.51. The third kappa shape index (κ3) is 9.09. The molecule has 2 aromatic rings. The quantitative estimate of drug-likeness (QED) is 0.341. The van der Waals surface area contributed by atoms with E-state index in [1.165, 1.54) is 0 Å². The minimum atomic E-state index is -4.32. The Hall–Kier alpha value is -1.81. The Morgan fingerprint density at radius 2 is 1.70 bits per heavy atom. The number of guanidine groups is 1. The van der Waals surface area contributed by atoms with Crippen LogP contribution in [0.25, 0.3) is 0 Å². The number of rotatable bonds is 6. The van der Waals surface area contributed by atoms with Crippen LogP contribution in [0.5, 0.6) is 0 Å². The normalized spacial score (nSPS) is 11.8. The van der Waals surface area contributed by atoms with E-state index in [1.807, 2.05) is 32.0 Å². The van der Waals surface area contributed by atoms with Gasteiger partial charge in [0.2, 0.25) is 0 Å². The lowest BCUT2D eigenvalue weighted by atomic mass is 10.1. The maximum atomic E-state index is 12.1. The van der Waals surface area contributed by atoms with Gasteiger partial charge in [0.15, 0.2) is 5.96 Å². The van der Waals surface area contributed by atoms with E-state index in [2.05, 4.69) is 21.1 Å². The number of hydrogen-bond acceptors (Lipinski definition) is 2. The summed E-state index contributed by atoms with van der Waals surface area (Å²) in [5.41, 5.74) is 10.5. The lowest BCUT2D eigenvalue weighted by molar-refractivity contribution is -0.176. The molecule has 0 saturated carbocycles. The van der Waals surface area contributed by atoms with Gasteiger partial charge in [0.1, 0.15) is 6.61 Å². The van der Waals surface area contributed by atoms with Crippen molar-refractivity contribution >= 4 is 35.6 Å². The highest BCUT2D eigenvalue weighted by atomic mass is 127. The van der Waals surface area contributed by atoms with E-state index in [9.17, 15) is 13.2 Å². The smallest absolute Gasteiger partial charge is 0.370 e. The third-order valence-electron chi connectivity index (χ3n) is 3.45. The summed E-state index contributed by atoms with van der Waals surface area (Å²) < 4.78 is 41.0. The molecule has 0 aliphatic rings. The standard InChI is InChI=1S/C19H22F3N3O.HI/c1-13-6-14(2)8-17(7-13)25-18(23)24-10-15-4-3-5-16(9-15)11-26-12-19(20,21)22;/h3-9H,10-12H2,1-2H3,(H3,23,24,25);1H. The average molecular weight is 493 g/mol. The zero-order valence-corrected chi connectivity index (χ0v) is 17.5. The lowest BCUT2D eigenvalue weighted by Gasteiger charge is -2.09. The molecule has 2 aromatic carbocycles. The van der Waals surface area contributed by atoms with Gasteiger partial charge in [-0.05, 0) is 48.2 Å². The summed E-state index contributed by atoms with van der Waals surface area (Å²) in [6.45, 7) is 2.95. The third-order valence-corrected chi connectivity index (χ3v) is 3.45. The molecule has 0 unspecified atom stereocenters. The van der Waals surface area contributed by atoms with Crippen molar-refractivity contribution in [2.24, 2.45) is 10.7 Å². The summed E-state index contributed by atoms with van der Waals surface area (Å²) in [5.74, 6) is 0.272. The van der Waals surface area contributed by atoms with Crippen LogP contribution in [0.15, 0.2) is 47.5 Å². The first kappa shape index (κ1) is 23.2. The number of nitrogens with one attached hydrogen (secondary N) is 1. The van der Waals surface area contributed by atoms with Gasteiger partial charge in [0.05, 0.1) is 13.2 Å². The summed E-state index contributed by atoms with van der Waals surface area (Å²) in [7, 11) is 0. The predicted molar refractivity (Wildman–Crippen MR) is 112 cm³/mol. The zero-order chi connectivity index (χ0) is 19.2. The molecular formula is C19H23F3IN3O. The predicted octanol–water partition coefficient (Wildman–Crippen LogP) is 4.93. The number of nitrogens with two attached hydrogens (primary N) is 1. The van der Waals surface area contributed by atoms with Gasteiger partial charge < -0.3 is 15.8 Å². The fraction of sp³-hybridized carbons (Fsp3) is 0.316. The molecule has 0 heterocycles. The SMILES string of the molecule is Cc1cc(C)cc(NC(N)=NCc2cccc(COCC(F)(F)F)c2)c1.I. The number of alkyl halides is 3.